The van der Waals surface area contributed by atoms with Crippen LogP contribution in [0.3, 0.4) is 0 Å². The molecule has 2 heterocycles. The van der Waals surface area contributed by atoms with Crippen LogP contribution in [0.4, 0.5) is 0 Å². The lowest BCUT2D eigenvalue weighted by Crippen LogP contribution is -2.45. The first-order chi connectivity index (χ1) is 7.72. The van der Waals surface area contributed by atoms with Crippen LogP contribution in [0, 0.1) is 0 Å². The Bertz CT molecular complexity index is 377. The van der Waals surface area contributed by atoms with Crippen LogP contribution in [0.1, 0.15) is 23.7 Å². The third-order valence-corrected chi connectivity index (χ3v) is 3.34. The number of ether oxygens (including phenoxy) is 1. The molecule has 1 fully saturated rings. The van der Waals surface area contributed by atoms with Gasteiger partial charge in [-0.3, -0.25) is 4.79 Å². The van der Waals surface area contributed by atoms with Gasteiger partial charge in [-0.1, -0.05) is 6.92 Å². The van der Waals surface area contributed by atoms with Gasteiger partial charge in [-0.15, -0.1) is 0 Å². The molecule has 0 saturated carbocycles. The summed E-state index contributed by atoms with van der Waals surface area (Å²) in [7, 11) is 0. The van der Waals surface area contributed by atoms with Gasteiger partial charge in [0.05, 0.1) is 24.5 Å². The smallest absolute Gasteiger partial charge is 0.258 e. The lowest BCUT2D eigenvalue weighted by molar-refractivity contribution is -0.0226. The van der Waals surface area contributed by atoms with Gasteiger partial charge >= 0.3 is 0 Å². The number of nitrogens with zero attached hydrogens (tertiary/aromatic N) is 1. The Balaban J connectivity index is 2.07. The van der Waals surface area contributed by atoms with Crippen molar-refractivity contribution < 1.29 is 13.9 Å². The lowest BCUT2D eigenvalue weighted by atomic mass is 10.2. The number of amides is 1. The van der Waals surface area contributed by atoms with E-state index < -0.39 is 0 Å². The van der Waals surface area contributed by atoms with Gasteiger partial charge in [0.25, 0.3) is 5.91 Å². The standard InChI is InChI=1S/C11H14BrNO3/c1-2-8-7-13(4-6-15-8)11(14)9-3-5-16-10(9)12/h3,5,8H,2,4,6-7H2,1H3. The number of carbonyl (C=O) groups is 1. The van der Waals surface area contributed by atoms with Gasteiger partial charge in [0.1, 0.15) is 0 Å². The van der Waals surface area contributed by atoms with Crippen LogP contribution < -0.4 is 0 Å². The molecule has 1 aromatic rings. The maximum Gasteiger partial charge on any atom is 0.258 e. The highest BCUT2D eigenvalue weighted by atomic mass is 79.9. The minimum Gasteiger partial charge on any atom is -0.457 e. The summed E-state index contributed by atoms with van der Waals surface area (Å²) in [6.45, 7) is 3.98. The molecule has 0 radical (unpaired) electrons. The predicted octanol–water partition coefficient (Wildman–Crippen LogP) is 2.29. The van der Waals surface area contributed by atoms with Crippen LogP contribution in [0.25, 0.3) is 0 Å². The Kier molecular flexibility index (Phi) is 3.66. The average molecular weight is 288 g/mol. The molecule has 0 N–H and O–H groups in total. The van der Waals surface area contributed by atoms with Crippen molar-refractivity contribution in [1.82, 2.24) is 4.90 Å². The number of hydrogen-bond acceptors (Lipinski definition) is 3. The second-order valence-electron chi connectivity index (χ2n) is 3.76. The van der Waals surface area contributed by atoms with Crippen LogP contribution in [0.5, 0.6) is 0 Å². The van der Waals surface area contributed by atoms with Gasteiger partial charge in [0.15, 0.2) is 4.67 Å². The molecule has 2 rings (SSSR count). The van der Waals surface area contributed by atoms with Gasteiger partial charge in [-0.2, -0.15) is 0 Å². The molecule has 5 heteroatoms. The van der Waals surface area contributed by atoms with Crippen molar-refractivity contribution in [3.63, 3.8) is 0 Å². The highest BCUT2D eigenvalue weighted by Crippen LogP contribution is 2.20. The van der Waals surface area contributed by atoms with E-state index >= 15 is 0 Å². The molecule has 1 aliphatic heterocycles. The molecule has 16 heavy (non-hydrogen) atoms. The third kappa shape index (κ3) is 2.30. The Morgan fingerprint density at radius 1 is 1.69 bits per heavy atom. The quantitative estimate of drug-likeness (QED) is 0.838. The normalized spacial score (nSPS) is 21.1. The Labute approximate surface area is 103 Å². The molecule has 1 aromatic heterocycles. The second kappa shape index (κ2) is 5.01. The molecule has 1 aliphatic rings. The molecule has 0 aromatic carbocycles. The van der Waals surface area contributed by atoms with Crippen molar-refractivity contribution in [2.75, 3.05) is 19.7 Å². The summed E-state index contributed by atoms with van der Waals surface area (Å²) in [5, 5.41) is 0. The SMILES string of the molecule is CCC1CN(C(=O)c2ccoc2Br)CCO1. The zero-order valence-corrected chi connectivity index (χ0v) is 10.7. The number of rotatable bonds is 2. The van der Waals surface area contributed by atoms with Crippen LogP contribution in [0.15, 0.2) is 21.4 Å². The van der Waals surface area contributed by atoms with E-state index in [1.54, 1.807) is 6.07 Å². The summed E-state index contributed by atoms with van der Waals surface area (Å²) in [6, 6.07) is 1.68. The van der Waals surface area contributed by atoms with Crippen LogP contribution in [-0.4, -0.2) is 36.6 Å². The fraction of sp³-hybridized carbons (Fsp3) is 0.545. The number of furan rings is 1. The minimum absolute atomic E-state index is 0.00220. The first-order valence-electron chi connectivity index (χ1n) is 5.36. The van der Waals surface area contributed by atoms with Gasteiger partial charge in [-0.25, -0.2) is 0 Å². The molecule has 0 spiro atoms. The van der Waals surface area contributed by atoms with E-state index in [1.165, 1.54) is 6.26 Å². The summed E-state index contributed by atoms with van der Waals surface area (Å²) in [4.78, 5) is 13.9. The lowest BCUT2D eigenvalue weighted by Gasteiger charge is -2.32. The van der Waals surface area contributed by atoms with Crippen LogP contribution >= 0.6 is 15.9 Å². The predicted molar refractivity (Wildman–Crippen MR) is 62.3 cm³/mol. The molecule has 1 saturated heterocycles. The number of halogens is 1. The van der Waals surface area contributed by atoms with Crippen LogP contribution in [-0.2, 0) is 4.74 Å². The summed E-state index contributed by atoms with van der Waals surface area (Å²) in [5.74, 6) is 0.00220. The monoisotopic (exact) mass is 287 g/mol. The van der Waals surface area contributed by atoms with E-state index in [4.69, 9.17) is 9.15 Å². The van der Waals surface area contributed by atoms with Crippen molar-refractivity contribution in [3.05, 3.63) is 22.6 Å². The Morgan fingerprint density at radius 3 is 3.12 bits per heavy atom. The molecule has 0 bridgehead atoms. The van der Waals surface area contributed by atoms with E-state index in [0.29, 0.717) is 29.9 Å². The minimum atomic E-state index is 0.00220. The Hall–Kier alpha value is -0.810. The van der Waals surface area contributed by atoms with Gasteiger partial charge in [0, 0.05) is 13.1 Å². The molecule has 88 valence electrons. The van der Waals surface area contributed by atoms with E-state index in [-0.39, 0.29) is 12.0 Å². The van der Waals surface area contributed by atoms with Crippen molar-refractivity contribution in [1.29, 1.82) is 0 Å². The first kappa shape index (κ1) is 11.7. The van der Waals surface area contributed by atoms with Crippen molar-refractivity contribution in [2.45, 2.75) is 19.4 Å². The largest absolute Gasteiger partial charge is 0.457 e. The number of carbonyl (C=O) groups excluding carboxylic acids is 1. The van der Waals surface area contributed by atoms with E-state index in [2.05, 4.69) is 22.9 Å². The van der Waals surface area contributed by atoms with Crippen molar-refractivity contribution in [2.24, 2.45) is 0 Å². The summed E-state index contributed by atoms with van der Waals surface area (Å²) >= 11 is 3.22. The highest BCUT2D eigenvalue weighted by molar-refractivity contribution is 9.10. The second-order valence-corrected chi connectivity index (χ2v) is 4.48. The molecule has 0 aliphatic carbocycles. The molecular weight excluding hydrogens is 274 g/mol. The highest BCUT2D eigenvalue weighted by Gasteiger charge is 2.25. The topological polar surface area (TPSA) is 42.7 Å². The maximum atomic E-state index is 12.1. The first-order valence-corrected chi connectivity index (χ1v) is 6.15. The summed E-state index contributed by atoms with van der Waals surface area (Å²) < 4.78 is 11.1. The van der Waals surface area contributed by atoms with Gasteiger partial charge in [-0.05, 0) is 28.4 Å². The average Bonchev–Trinajstić information content (AvgIpc) is 2.74. The van der Waals surface area contributed by atoms with Crippen molar-refractivity contribution >= 4 is 21.8 Å². The zero-order valence-electron chi connectivity index (χ0n) is 9.11. The van der Waals surface area contributed by atoms with Crippen LogP contribution in [0.2, 0.25) is 0 Å². The number of morpholine rings is 1. The fourth-order valence-electron chi connectivity index (χ4n) is 1.77. The molecule has 1 atom stereocenters. The van der Waals surface area contributed by atoms with Gasteiger partial charge < -0.3 is 14.1 Å². The Morgan fingerprint density at radius 2 is 2.50 bits per heavy atom. The fourth-order valence-corrected chi connectivity index (χ4v) is 2.18. The van der Waals surface area contributed by atoms with Crippen molar-refractivity contribution in [3.8, 4) is 0 Å². The molecule has 1 unspecified atom stereocenters. The molecule has 1 amide bonds. The van der Waals surface area contributed by atoms with E-state index in [0.717, 1.165) is 6.42 Å². The summed E-state index contributed by atoms with van der Waals surface area (Å²) in [6.07, 6.45) is 2.59. The van der Waals surface area contributed by atoms with E-state index in [9.17, 15) is 4.79 Å². The molecule has 4 nitrogen and oxygen atoms in total. The summed E-state index contributed by atoms with van der Waals surface area (Å²) in [5.41, 5.74) is 0.580. The zero-order chi connectivity index (χ0) is 11.5. The van der Waals surface area contributed by atoms with Gasteiger partial charge in [0.2, 0.25) is 0 Å². The number of hydrogen-bond donors (Lipinski definition) is 0. The van der Waals surface area contributed by atoms with E-state index in [1.807, 2.05) is 4.90 Å². The molecular formula is C11H14BrNO3. The third-order valence-electron chi connectivity index (χ3n) is 2.73. The maximum absolute atomic E-state index is 12.1.